The van der Waals surface area contributed by atoms with Gasteiger partial charge in [0.05, 0.1) is 6.61 Å². The summed E-state index contributed by atoms with van der Waals surface area (Å²) in [5, 5.41) is 3.53. The quantitative estimate of drug-likeness (QED) is 0.800. The maximum Gasteiger partial charge on any atom is 0.358 e. The van der Waals surface area contributed by atoms with Gasteiger partial charge in [0.25, 0.3) is 0 Å². The van der Waals surface area contributed by atoms with Crippen molar-refractivity contribution in [3.63, 3.8) is 0 Å². The van der Waals surface area contributed by atoms with E-state index in [-0.39, 0.29) is 5.97 Å². The van der Waals surface area contributed by atoms with Gasteiger partial charge in [-0.15, -0.1) is 22.7 Å². The van der Waals surface area contributed by atoms with Crippen LogP contribution in [0, 0.1) is 0 Å². The molecular weight excluding hydrogens is 256 g/mol. The molecule has 0 bridgehead atoms. The lowest BCUT2D eigenvalue weighted by Crippen LogP contribution is -2.07. The highest BCUT2D eigenvalue weighted by atomic mass is 32.1. The van der Waals surface area contributed by atoms with Crippen molar-refractivity contribution in [1.82, 2.24) is 9.97 Å². The summed E-state index contributed by atoms with van der Waals surface area (Å²) in [5.41, 5.74) is 0.435. The van der Waals surface area contributed by atoms with E-state index in [0.717, 1.165) is 21.3 Å². The number of ether oxygens (including phenoxy) is 1. The van der Waals surface area contributed by atoms with Crippen LogP contribution in [-0.2, 0) is 11.2 Å². The van der Waals surface area contributed by atoms with E-state index in [1.165, 1.54) is 22.7 Å². The SMILES string of the molecule is CCOC(=O)c1nc(-c2nccs2)sc1CC. The first-order valence-corrected chi connectivity index (χ1v) is 7.02. The fourth-order valence-corrected chi connectivity index (χ4v) is 3.04. The van der Waals surface area contributed by atoms with E-state index in [1.807, 2.05) is 12.3 Å². The van der Waals surface area contributed by atoms with Crippen LogP contribution in [0.2, 0.25) is 0 Å². The number of hydrogen-bond donors (Lipinski definition) is 0. The second-order valence-corrected chi connectivity index (χ2v) is 5.18. The van der Waals surface area contributed by atoms with Gasteiger partial charge in [0.15, 0.2) is 15.7 Å². The first kappa shape index (κ1) is 12.2. The smallest absolute Gasteiger partial charge is 0.358 e. The lowest BCUT2D eigenvalue weighted by Gasteiger charge is -1.99. The molecule has 4 nitrogen and oxygen atoms in total. The molecule has 0 atom stereocenters. The highest BCUT2D eigenvalue weighted by Crippen LogP contribution is 2.30. The minimum Gasteiger partial charge on any atom is -0.461 e. The minimum absolute atomic E-state index is 0.344. The molecule has 0 unspecified atom stereocenters. The number of nitrogens with zero attached hydrogens (tertiary/aromatic N) is 2. The third kappa shape index (κ3) is 2.53. The van der Waals surface area contributed by atoms with E-state index in [4.69, 9.17) is 4.74 Å². The molecule has 2 heterocycles. The molecule has 6 heteroatoms. The van der Waals surface area contributed by atoms with E-state index in [2.05, 4.69) is 9.97 Å². The van der Waals surface area contributed by atoms with Crippen molar-refractivity contribution in [3.05, 3.63) is 22.1 Å². The summed E-state index contributed by atoms with van der Waals surface area (Å²) >= 11 is 3.03. The first-order valence-electron chi connectivity index (χ1n) is 5.33. The Labute approximate surface area is 107 Å². The fourth-order valence-electron chi connectivity index (χ4n) is 1.37. The van der Waals surface area contributed by atoms with Crippen LogP contribution in [0.25, 0.3) is 10.0 Å². The number of esters is 1. The molecule has 0 amide bonds. The Balaban J connectivity index is 2.36. The molecule has 0 aliphatic heterocycles. The average molecular weight is 268 g/mol. The minimum atomic E-state index is -0.344. The maximum absolute atomic E-state index is 11.7. The zero-order valence-corrected chi connectivity index (χ0v) is 11.2. The van der Waals surface area contributed by atoms with Gasteiger partial charge in [-0.3, -0.25) is 0 Å². The van der Waals surface area contributed by atoms with Crippen molar-refractivity contribution in [1.29, 1.82) is 0 Å². The van der Waals surface area contributed by atoms with Crippen molar-refractivity contribution in [2.45, 2.75) is 20.3 Å². The van der Waals surface area contributed by atoms with Crippen molar-refractivity contribution in [2.75, 3.05) is 6.61 Å². The standard InChI is InChI=1S/C11H12N2O2S2/c1-3-7-8(11(14)15-4-2)13-10(17-7)9-12-5-6-16-9/h5-6H,3-4H2,1-2H3. The van der Waals surface area contributed by atoms with Gasteiger partial charge in [-0.05, 0) is 13.3 Å². The molecule has 2 aromatic rings. The molecular formula is C11H12N2O2S2. The third-order valence-corrected chi connectivity index (χ3v) is 4.22. The van der Waals surface area contributed by atoms with Gasteiger partial charge in [0.2, 0.25) is 0 Å². The predicted octanol–water partition coefficient (Wildman–Crippen LogP) is 3.01. The summed E-state index contributed by atoms with van der Waals surface area (Å²) < 4.78 is 4.99. The highest BCUT2D eigenvalue weighted by molar-refractivity contribution is 7.20. The molecule has 0 saturated carbocycles. The maximum atomic E-state index is 11.7. The second kappa shape index (κ2) is 5.37. The Morgan fingerprint density at radius 1 is 1.41 bits per heavy atom. The van der Waals surface area contributed by atoms with Gasteiger partial charge < -0.3 is 4.74 Å². The van der Waals surface area contributed by atoms with Gasteiger partial charge in [-0.1, -0.05) is 6.92 Å². The summed E-state index contributed by atoms with van der Waals surface area (Å²) in [6, 6.07) is 0. The van der Waals surface area contributed by atoms with Gasteiger partial charge in [-0.2, -0.15) is 0 Å². The Hall–Kier alpha value is -1.27. The predicted molar refractivity (Wildman–Crippen MR) is 68.6 cm³/mol. The van der Waals surface area contributed by atoms with Crippen LogP contribution in [0.3, 0.4) is 0 Å². The Bertz CT molecular complexity index is 506. The number of carbonyl (C=O) groups excluding carboxylic acids is 1. The summed E-state index contributed by atoms with van der Waals surface area (Å²) in [7, 11) is 0. The van der Waals surface area contributed by atoms with Crippen molar-refractivity contribution in [2.24, 2.45) is 0 Å². The third-order valence-electron chi connectivity index (χ3n) is 2.10. The number of aromatic nitrogens is 2. The molecule has 0 fully saturated rings. The molecule has 0 aliphatic rings. The lowest BCUT2D eigenvalue weighted by molar-refractivity contribution is 0.0519. The van der Waals surface area contributed by atoms with Gasteiger partial charge in [0, 0.05) is 16.5 Å². The molecule has 0 aliphatic carbocycles. The number of thiazole rings is 2. The van der Waals surface area contributed by atoms with Crippen LogP contribution in [0.5, 0.6) is 0 Å². The molecule has 0 N–H and O–H groups in total. The van der Waals surface area contributed by atoms with Crippen LogP contribution in [0.15, 0.2) is 11.6 Å². The van der Waals surface area contributed by atoms with E-state index in [9.17, 15) is 4.79 Å². The van der Waals surface area contributed by atoms with Gasteiger partial charge >= 0.3 is 5.97 Å². The Morgan fingerprint density at radius 3 is 2.82 bits per heavy atom. The highest BCUT2D eigenvalue weighted by Gasteiger charge is 2.19. The number of rotatable bonds is 4. The molecule has 17 heavy (non-hydrogen) atoms. The van der Waals surface area contributed by atoms with Crippen LogP contribution in [0.4, 0.5) is 0 Å². The van der Waals surface area contributed by atoms with Gasteiger partial charge in [0.1, 0.15) is 0 Å². The average Bonchev–Trinajstić information content (AvgIpc) is 2.97. The monoisotopic (exact) mass is 268 g/mol. The van der Waals surface area contributed by atoms with E-state index in [1.54, 1.807) is 13.1 Å². The largest absolute Gasteiger partial charge is 0.461 e. The van der Waals surface area contributed by atoms with E-state index < -0.39 is 0 Å². The van der Waals surface area contributed by atoms with Crippen LogP contribution in [-0.4, -0.2) is 22.5 Å². The fraction of sp³-hybridized carbons (Fsp3) is 0.364. The molecule has 2 rings (SSSR count). The van der Waals surface area contributed by atoms with Crippen molar-refractivity contribution < 1.29 is 9.53 Å². The van der Waals surface area contributed by atoms with Crippen LogP contribution in [0.1, 0.15) is 29.2 Å². The summed E-state index contributed by atoms with van der Waals surface area (Å²) in [6.07, 6.45) is 2.51. The topological polar surface area (TPSA) is 52.1 Å². The molecule has 90 valence electrons. The molecule has 0 radical (unpaired) electrons. The zero-order chi connectivity index (χ0) is 12.3. The second-order valence-electron chi connectivity index (χ2n) is 3.20. The molecule has 0 spiro atoms. The first-order chi connectivity index (χ1) is 8.26. The molecule has 0 saturated heterocycles. The zero-order valence-electron chi connectivity index (χ0n) is 9.60. The van der Waals surface area contributed by atoms with Crippen molar-refractivity contribution >= 4 is 28.6 Å². The lowest BCUT2D eigenvalue weighted by atomic mass is 10.3. The van der Waals surface area contributed by atoms with Gasteiger partial charge in [-0.25, -0.2) is 14.8 Å². The van der Waals surface area contributed by atoms with Crippen LogP contribution >= 0.6 is 22.7 Å². The normalized spacial score (nSPS) is 10.5. The number of carbonyl (C=O) groups is 1. The molecule has 2 aromatic heterocycles. The summed E-state index contributed by atoms with van der Waals surface area (Å²) in [5.74, 6) is -0.344. The number of aryl methyl sites for hydroxylation is 1. The number of hydrogen-bond acceptors (Lipinski definition) is 6. The van der Waals surface area contributed by atoms with Crippen LogP contribution < -0.4 is 0 Å². The van der Waals surface area contributed by atoms with E-state index >= 15 is 0 Å². The summed E-state index contributed by atoms with van der Waals surface area (Å²) in [6.45, 7) is 4.16. The Morgan fingerprint density at radius 2 is 2.24 bits per heavy atom. The molecule has 0 aromatic carbocycles. The Kier molecular flexibility index (Phi) is 3.86. The van der Waals surface area contributed by atoms with Crippen molar-refractivity contribution in [3.8, 4) is 10.0 Å². The summed E-state index contributed by atoms with van der Waals surface area (Å²) in [4.78, 5) is 21.2. The van der Waals surface area contributed by atoms with E-state index in [0.29, 0.717) is 12.3 Å².